The number of fused-ring (bicyclic) bond motifs is 1. The van der Waals surface area contributed by atoms with Crippen molar-refractivity contribution in [3.63, 3.8) is 0 Å². The summed E-state index contributed by atoms with van der Waals surface area (Å²) in [5.41, 5.74) is 2.29. The van der Waals surface area contributed by atoms with Crippen LogP contribution in [0.4, 0.5) is 0 Å². The Kier molecular flexibility index (Phi) is 4.26. The fourth-order valence-corrected chi connectivity index (χ4v) is 3.17. The van der Waals surface area contributed by atoms with Crippen molar-refractivity contribution in [2.24, 2.45) is 0 Å². The minimum absolute atomic E-state index is 0.526. The van der Waals surface area contributed by atoms with Crippen molar-refractivity contribution < 1.29 is 9.47 Å². The standard InChI is InChI=1S/C18H14N2O2S/c1-21-15-8-7-12(10-16(15)22-2)9-13(11-19)18-20-14-5-3-4-6-17(14)23-18/h3-10H,1-2H3/b13-9+. The van der Waals surface area contributed by atoms with Crippen LogP contribution < -0.4 is 9.47 Å². The summed E-state index contributed by atoms with van der Waals surface area (Å²) in [6.07, 6.45) is 1.81. The number of benzene rings is 2. The number of methoxy groups -OCH3 is 2. The molecule has 2 aromatic carbocycles. The maximum atomic E-state index is 9.49. The van der Waals surface area contributed by atoms with Crippen LogP contribution >= 0.6 is 11.3 Å². The number of nitriles is 1. The molecule has 0 aliphatic heterocycles. The number of ether oxygens (including phenoxy) is 2. The average Bonchev–Trinajstić information content (AvgIpc) is 3.03. The lowest BCUT2D eigenvalue weighted by atomic mass is 10.1. The van der Waals surface area contributed by atoms with Gasteiger partial charge in [-0.3, -0.25) is 0 Å². The third-order valence-electron chi connectivity index (χ3n) is 3.36. The molecule has 0 radical (unpaired) electrons. The molecule has 0 aliphatic rings. The van der Waals surface area contributed by atoms with E-state index in [0.717, 1.165) is 15.8 Å². The summed E-state index contributed by atoms with van der Waals surface area (Å²) < 4.78 is 11.6. The highest BCUT2D eigenvalue weighted by Crippen LogP contribution is 2.31. The summed E-state index contributed by atoms with van der Waals surface area (Å²) in [6, 6.07) is 15.6. The van der Waals surface area contributed by atoms with Gasteiger partial charge in [0.1, 0.15) is 11.1 Å². The second kappa shape index (κ2) is 6.51. The van der Waals surface area contributed by atoms with E-state index in [0.29, 0.717) is 22.1 Å². The van der Waals surface area contributed by atoms with E-state index >= 15 is 0 Å². The number of para-hydroxylation sites is 1. The predicted molar refractivity (Wildman–Crippen MR) is 92.7 cm³/mol. The largest absolute Gasteiger partial charge is 0.493 e. The van der Waals surface area contributed by atoms with Gasteiger partial charge in [-0.1, -0.05) is 18.2 Å². The molecule has 0 N–H and O–H groups in total. The van der Waals surface area contributed by atoms with Gasteiger partial charge in [0.25, 0.3) is 0 Å². The van der Waals surface area contributed by atoms with Crippen LogP contribution in [0.3, 0.4) is 0 Å². The zero-order valence-corrected chi connectivity index (χ0v) is 13.6. The van der Waals surface area contributed by atoms with Gasteiger partial charge in [0, 0.05) is 0 Å². The first-order chi connectivity index (χ1) is 11.2. The van der Waals surface area contributed by atoms with Gasteiger partial charge in [0.05, 0.1) is 30.0 Å². The molecule has 1 aromatic heterocycles. The van der Waals surface area contributed by atoms with Crippen molar-refractivity contribution in [1.29, 1.82) is 5.26 Å². The molecule has 1 heterocycles. The first kappa shape index (κ1) is 15.1. The van der Waals surface area contributed by atoms with Crippen LogP contribution in [0.5, 0.6) is 11.5 Å². The van der Waals surface area contributed by atoms with Gasteiger partial charge >= 0.3 is 0 Å². The Hall–Kier alpha value is -2.84. The van der Waals surface area contributed by atoms with Crippen LogP contribution in [-0.4, -0.2) is 19.2 Å². The van der Waals surface area contributed by atoms with E-state index in [1.165, 1.54) is 11.3 Å². The Balaban J connectivity index is 2.03. The Morgan fingerprint density at radius 3 is 2.61 bits per heavy atom. The second-order valence-electron chi connectivity index (χ2n) is 4.77. The number of aromatic nitrogens is 1. The van der Waals surface area contributed by atoms with Gasteiger partial charge in [-0.25, -0.2) is 4.98 Å². The molecule has 23 heavy (non-hydrogen) atoms. The molecule has 0 bridgehead atoms. The van der Waals surface area contributed by atoms with E-state index in [9.17, 15) is 5.26 Å². The fourth-order valence-electron chi connectivity index (χ4n) is 2.24. The van der Waals surface area contributed by atoms with Crippen molar-refractivity contribution in [2.75, 3.05) is 14.2 Å². The Labute approximate surface area is 138 Å². The smallest absolute Gasteiger partial charge is 0.161 e. The predicted octanol–water partition coefficient (Wildman–Crippen LogP) is 4.38. The van der Waals surface area contributed by atoms with Gasteiger partial charge in [0.15, 0.2) is 11.5 Å². The fraction of sp³-hybridized carbons (Fsp3) is 0.111. The minimum Gasteiger partial charge on any atom is -0.493 e. The lowest BCUT2D eigenvalue weighted by Crippen LogP contribution is -1.90. The second-order valence-corrected chi connectivity index (χ2v) is 5.80. The normalized spacial score (nSPS) is 11.3. The summed E-state index contributed by atoms with van der Waals surface area (Å²) in [6.45, 7) is 0. The van der Waals surface area contributed by atoms with Crippen molar-refractivity contribution >= 4 is 33.2 Å². The zero-order chi connectivity index (χ0) is 16.2. The minimum atomic E-state index is 0.526. The molecule has 3 aromatic rings. The SMILES string of the molecule is COc1ccc(/C=C(\C#N)c2nc3ccccc3s2)cc1OC. The van der Waals surface area contributed by atoms with Crippen molar-refractivity contribution in [1.82, 2.24) is 4.98 Å². The topological polar surface area (TPSA) is 55.1 Å². The highest BCUT2D eigenvalue weighted by Gasteiger charge is 2.10. The molecule has 4 nitrogen and oxygen atoms in total. The molecular weight excluding hydrogens is 308 g/mol. The monoisotopic (exact) mass is 322 g/mol. The molecule has 0 spiro atoms. The van der Waals surface area contributed by atoms with E-state index in [-0.39, 0.29) is 0 Å². The van der Waals surface area contributed by atoms with Crippen LogP contribution in [-0.2, 0) is 0 Å². The molecule has 3 rings (SSSR count). The number of rotatable bonds is 4. The van der Waals surface area contributed by atoms with Crippen molar-refractivity contribution in [3.05, 3.63) is 53.0 Å². The molecule has 0 atom stereocenters. The molecule has 0 amide bonds. The molecule has 0 saturated heterocycles. The van der Waals surface area contributed by atoms with E-state index in [2.05, 4.69) is 11.1 Å². The summed E-state index contributed by atoms with van der Waals surface area (Å²) >= 11 is 1.51. The van der Waals surface area contributed by atoms with E-state index in [4.69, 9.17) is 9.47 Å². The summed E-state index contributed by atoms with van der Waals surface area (Å²) in [7, 11) is 3.18. The number of hydrogen-bond donors (Lipinski definition) is 0. The number of allylic oxidation sites excluding steroid dienone is 1. The van der Waals surface area contributed by atoms with Crippen molar-refractivity contribution in [3.8, 4) is 17.6 Å². The number of hydrogen-bond acceptors (Lipinski definition) is 5. The van der Waals surface area contributed by atoms with Crippen LogP contribution in [0.15, 0.2) is 42.5 Å². The third kappa shape index (κ3) is 3.03. The Morgan fingerprint density at radius 1 is 1.13 bits per heavy atom. The highest BCUT2D eigenvalue weighted by atomic mass is 32.1. The van der Waals surface area contributed by atoms with E-state index in [1.54, 1.807) is 20.3 Å². The quantitative estimate of drug-likeness (QED) is 0.669. The van der Waals surface area contributed by atoms with E-state index < -0.39 is 0 Å². The number of nitrogens with zero attached hydrogens (tertiary/aromatic N) is 2. The highest BCUT2D eigenvalue weighted by molar-refractivity contribution is 7.19. The molecule has 0 saturated carbocycles. The first-order valence-electron chi connectivity index (χ1n) is 6.95. The number of thiazole rings is 1. The first-order valence-corrected chi connectivity index (χ1v) is 7.76. The van der Waals surface area contributed by atoms with Crippen molar-refractivity contribution in [2.45, 2.75) is 0 Å². The summed E-state index contributed by atoms with van der Waals surface area (Å²) in [4.78, 5) is 4.53. The van der Waals surface area contributed by atoms with Crippen LogP contribution in [0, 0.1) is 11.3 Å². The molecule has 0 fully saturated rings. The maximum absolute atomic E-state index is 9.49. The van der Waals surface area contributed by atoms with Gasteiger partial charge in [-0.15, -0.1) is 11.3 Å². The van der Waals surface area contributed by atoms with Gasteiger partial charge in [0.2, 0.25) is 0 Å². The lowest BCUT2D eigenvalue weighted by Gasteiger charge is -2.07. The molecule has 114 valence electrons. The van der Waals surface area contributed by atoms with Crippen LogP contribution in [0.25, 0.3) is 21.9 Å². The molecule has 0 unspecified atom stereocenters. The Bertz CT molecular complexity index is 889. The van der Waals surface area contributed by atoms with Crippen LogP contribution in [0.2, 0.25) is 0 Å². The lowest BCUT2D eigenvalue weighted by molar-refractivity contribution is 0.355. The van der Waals surface area contributed by atoms with Crippen LogP contribution in [0.1, 0.15) is 10.6 Å². The van der Waals surface area contributed by atoms with Gasteiger partial charge < -0.3 is 9.47 Å². The zero-order valence-electron chi connectivity index (χ0n) is 12.7. The Morgan fingerprint density at radius 2 is 1.91 bits per heavy atom. The maximum Gasteiger partial charge on any atom is 0.161 e. The third-order valence-corrected chi connectivity index (χ3v) is 4.43. The molecular formula is C18H14N2O2S. The summed E-state index contributed by atoms with van der Waals surface area (Å²) in [5.74, 6) is 1.28. The van der Waals surface area contributed by atoms with Gasteiger partial charge in [-0.05, 0) is 35.9 Å². The molecule has 0 aliphatic carbocycles. The van der Waals surface area contributed by atoms with Gasteiger partial charge in [-0.2, -0.15) is 5.26 Å². The molecule has 5 heteroatoms. The average molecular weight is 322 g/mol. The van der Waals surface area contributed by atoms with E-state index in [1.807, 2.05) is 42.5 Å². The summed E-state index contributed by atoms with van der Waals surface area (Å²) in [5, 5.41) is 10.2.